The summed E-state index contributed by atoms with van der Waals surface area (Å²) in [6.07, 6.45) is 3.87. The maximum atomic E-state index is 12.8. The summed E-state index contributed by atoms with van der Waals surface area (Å²) in [4.78, 5) is 32.9. The predicted molar refractivity (Wildman–Crippen MR) is 205 cm³/mol. The van der Waals surface area contributed by atoms with E-state index >= 15 is 0 Å². The first-order chi connectivity index (χ1) is 24.3. The molecular weight excluding hydrogens is 685 g/mol. The van der Waals surface area contributed by atoms with Crippen molar-refractivity contribution in [2.24, 2.45) is 7.05 Å². The summed E-state index contributed by atoms with van der Waals surface area (Å²) in [6, 6.07) is 15.1. The molecule has 266 valence electrons. The molecule has 0 bridgehead atoms. The number of hydrogen-bond acceptors (Lipinski definition) is 6. The van der Waals surface area contributed by atoms with Crippen molar-refractivity contribution in [3.63, 3.8) is 0 Å². The lowest BCUT2D eigenvalue weighted by Gasteiger charge is -2.37. The van der Waals surface area contributed by atoms with Crippen LogP contribution in [-0.2, 0) is 11.8 Å². The number of hydrogen-bond donors (Lipinski definition) is 1. The molecular formula is C40H43Cl2N5O4. The summed E-state index contributed by atoms with van der Waals surface area (Å²) in [6.45, 7) is 13.3. The van der Waals surface area contributed by atoms with Gasteiger partial charge in [0.15, 0.2) is 0 Å². The van der Waals surface area contributed by atoms with E-state index in [0.29, 0.717) is 34.8 Å². The highest BCUT2D eigenvalue weighted by atomic mass is 35.5. The Morgan fingerprint density at radius 2 is 1.80 bits per heavy atom. The predicted octanol–water partition coefficient (Wildman–Crippen LogP) is 9.08. The van der Waals surface area contributed by atoms with Crippen LogP contribution >= 0.6 is 23.2 Å². The number of amides is 1. The fourth-order valence-electron chi connectivity index (χ4n) is 7.76. The molecule has 5 aromatic rings. The zero-order valence-corrected chi connectivity index (χ0v) is 31.5. The number of benzene rings is 3. The molecule has 0 saturated carbocycles. The van der Waals surface area contributed by atoms with Crippen LogP contribution in [0.25, 0.3) is 22.0 Å². The summed E-state index contributed by atoms with van der Waals surface area (Å²) in [7, 11) is 1.94. The Morgan fingerprint density at radius 3 is 2.45 bits per heavy atom. The minimum atomic E-state index is -1.05. The van der Waals surface area contributed by atoms with E-state index in [4.69, 9.17) is 33.0 Å². The van der Waals surface area contributed by atoms with Gasteiger partial charge in [0, 0.05) is 65.0 Å². The molecule has 6 rings (SSSR count). The molecule has 0 radical (unpaired) electrons. The molecule has 1 amide bonds. The summed E-state index contributed by atoms with van der Waals surface area (Å²) in [5.41, 5.74) is 9.41. The number of aromatic carboxylic acids is 1. The quantitative estimate of drug-likeness (QED) is 0.101. The van der Waals surface area contributed by atoms with E-state index in [2.05, 4.69) is 36.7 Å². The van der Waals surface area contributed by atoms with E-state index in [1.54, 1.807) is 17.0 Å². The van der Waals surface area contributed by atoms with Gasteiger partial charge in [-0.25, -0.2) is 4.79 Å². The number of anilines is 2. The van der Waals surface area contributed by atoms with Crippen LogP contribution in [0.4, 0.5) is 11.4 Å². The maximum Gasteiger partial charge on any atom is 0.337 e. The summed E-state index contributed by atoms with van der Waals surface area (Å²) >= 11 is 13.5. The second-order valence-corrected chi connectivity index (χ2v) is 14.4. The molecule has 3 aromatic carbocycles. The number of ether oxygens (including phenoxy) is 1. The van der Waals surface area contributed by atoms with Gasteiger partial charge in [0.1, 0.15) is 5.75 Å². The van der Waals surface area contributed by atoms with Gasteiger partial charge in [-0.15, -0.1) is 0 Å². The molecule has 0 fully saturated rings. The molecule has 9 nitrogen and oxygen atoms in total. The van der Waals surface area contributed by atoms with Crippen LogP contribution in [-0.4, -0.2) is 57.5 Å². The Balaban J connectivity index is 1.35. The van der Waals surface area contributed by atoms with Crippen LogP contribution < -0.4 is 14.5 Å². The van der Waals surface area contributed by atoms with E-state index in [1.165, 1.54) is 11.8 Å². The maximum absolute atomic E-state index is 12.8. The molecule has 0 aliphatic carbocycles. The van der Waals surface area contributed by atoms with Crippen molar-refractivity contribution in [1.82, 2.24) is 14.8 Å². The Hall–Kier alpha value is -4.60. The first-order valence-electron chi connectivity index (χ1n) is 17.2. The van der Waals surface area contributed by atoms with Gasteiger partial charge in [-0.2, -0.15) is 5.10 Å². The van der Waals surface area contributed by atoms with Gasteiger partial charge in [-0.1, -0.05) is 41.4 Å². The van der Waals surface area contributed by atoms with Crippen molar-refractivity contribution in [3.05, 3.63) is 98.4 Å². The zero-order chi connectivity index (χ0) is 36.7. The second kappa shape index (κ2) is 14.6. The second-order valence-electron chi connectivity index (χ2n) is 13.6. The minimum absolute atomic E-state index is 0.0711. The average molecular weight is 729 g/mol. The molecule has 1 aliphatic heterocycles. The van der Waals surface area contributed by atoms with Crippen LogP contribution in [0.15, 0.2) is 54.7 Å². The monoisotopic (exact) mass is 727 g/mol. The summed E-state index contributed by atoms with van der Waals surface area (Å²) in [5.74, 6) is -0.0641. The number of halogens is 2. The third-order valence-corrected chi connectivity index (χ3v) is 11.2. The van der Waals surface area contributed by atoms with Gasteiger partial charge >= 0.3 is 5.97 Å². The van der Waals surface area contributed by atoms with E-state index in [0.717, 1.165) is 69.4 Å². The number of para-hydroxylation sites is 1. The number of nitrogens with zero attached hydrogens (tertiary/aromatic N) is 5. The number of rotatable bonds is 12. The number of carbonyl (C=O) groups excluding carboxylic acids is 1. The van der Waals surface area contributed by atoms with Gasteiger partial charge in [-0.3, -0.25) is 14.5 Å². The molecule has 0 saturated heterocycles. The number of fused-ring (bicyclic) bond motifs is 2. The highest BCUT2D eigenvalue weighted by Crippen LogP contribution is 2.52. The minimum Gasteiger partial charge on any atom is -0.494 e. The molecule has 2 unspecified atom stereocenters. The Bertz CT molecular complexity index is 2120. The number of carbonyl (C=O) groups is 2. The standard InChI is InChI=1S/C40H43Cl2N5O4/c1-22-16-30(17-23(2)37(22)42)51-15-9-11-31-26(5)47(39-32(31)13-14-33(41)36(39)35-25(4)44-45(7)27(35)6)24(3)20-46(21-48)34-12-8-10-28-18-29(40(49)50)19-43-38(28)34/h8,10,12-14,16-19,21,24,26,31H,9,11,15,20H2,1-7H3,(H,49,50)/t24-,26?,31?/m1/s1. The van der Waals surface area contributed by atoms with Gasteiger partial charge in [0.2, 0.25) is 6.41 Å². The van der Waals surface area contributed by atoms with E-state index in [-0.39, 0.29) is 23.6 Å². The highest BCUT2D eigenvalue weighted by molar-refractivity contribution is 6.34. The van der Waals surface area contributed by atoms with Gasteiger partial charge in [0.25, 0.3) is 0 Å². The number of carboxylic acid groups (broad SMARTS) is 1. The van der Waals surface area contributed by atoms with Crippen LogP contribution in [0.1, 0.15) is 71.0 Å². The number of aromatic nitrogens is 3. The molecule has 0 spiro atoms. The van der Waals surface area contributed by atoms with Gasteiger partial charge in [-0.05, 0) is 101 Å². The third kappa shape index (κ3) is 6.77. The molecule has 1 aliphatic rings. The van der Waals surface area contributed by atoms with Crippen molar-refractivity contribution in [2.75, 3.05) is 23.0 Å². The lowest BCUT2D eigenvalue weighted by molar-refractivity contribution is -0.107. The molecule has 51 heavy (non-hydrogen) atoms. The first kappa shape index (κ1) is 36.2. The third-order valence-electron chi connectivity index (χ3n) is 10.2. The molecule has 1 N–H and O–H groups in total. The van der Waals surface area contributed by atoms with Crippen LogP contribution in [0.2, 0.25) is 10.0 Å². The van der Waals surface area contributed by atoms with E-state index in [9.17, 15) is 14.7 Å². The average Bonchev–Trinajstić information content (AvgIpc) is 3.52. The highest BCUT2D eigenvalue weighted by Gasteiger charge is 2.41. The van der Waals surface area contributed by atoms with Crippen molar-refractivity contribution >= 4 is 57.9 Å². The Kier molecular flexibility index (Phi) is 10.3. The van der Waals surface area contributed by atoms with Gasteiger partial charge in [0.05, 0.1) is 39.8 Å². The van der Waals surface area contributed by atoms with E-state index in [1.807, 2.05) is 62.8 Å². The van der Waals surface area contributed by atoms with Crippen LogP contribution in [0, 0.1) is 27.7 Å². The molecule has 3 heterocycles. The van der Waals surface area contributed by atoms with Crippen LogP contribution in [0.3, 0.4) is 0 Å². The van der Waals surface area contributed by atoms with E-state index < -0.39 is 5.97 Å². The lowest BCUT2D eigenvalue weighted by Crippen LogP contribution is -2.46. The Labute approximate surface area is 308 Å². The smallest absolute Gasteiger partial charge is 0.337 e. The topological polar surface area (TPSA) is 101 Å². The van der Waals surface area contributed by atoms with Crippen molar-refractivity contribution in [3.8, 4) is 16.9 Å². The SMILES string of the molecule is Cc1cc(OCCCC2c3ccc(Cl)c(-c4c(C)nn(C)c4C)c3N([C@H](C)CN(C=O)c3cccc4cc(C(=O)O)cnc34)C2C)cc(C)c1Cl. The first-order valence-corrected chi connectivity index (χ1v) is 17.9. The number of aryl methyl sites for hydroxylation is 4. The fraction of sp³-hybridized carbons (Fsp3) is 0.350. The van der Waals surface area contributed by atoms with Crippen LogP contribution in [0.5, 0.6) is 5.75 Å². The zero-order valence-electron chi connectivity index (χ0n) is 30.0. The fourth-order valence-corrected chi connectivity index (χ4v) is 8.11. The summed E-state index contributed by atoms with van der Waals surface area (Å²) in [5, 5.41) is 16.3. The molecule has 3 atom stereocenters. The van der Waals surface area contributed by atoms with Crippen molar-refractivity contribution < 1.29 is 19.4 Å². The van der Waals surface area contributed by atoms with Gasteiger partial charge < -0.3 is 19.6 Å². The normalized spacial score (nSPS) is 16.0. The molecule has 11 heteroatoms. The Morgan fingerprint density at radius 1 is 1.08 bits per heavy atom. The number of carboxylic acids is 1. The molecule has 2 aromatic heterocycles. The van der Waals surface area contributed by atoms with Crippen molar-refractivity contribution in [2.45, 2.75) is 72.4 Å². The lowest BCUT2D eigenvalue weighted by atomic mass is 9.89. The number of pyridine rings is 1. The van der Waals surface area contributed by atoms with Crippen molar-refractivity contribution in [1.29, 1.82) is 0 Å². The largest absolute Gasteiger partial charge is 0.494 e. The summed E-state index contributed by atoms with van der Waals surface area (Å²) < 4.78 is 8.10.